The molecule has 1 aromatic rings. The third kappa shape index (κ3) is 1.09. The predicted molar refractivity (Wildman–Crippen MR) is 44.5 cm³/mol. The van der Waals surface area contributed by atoms with Crippen LogP contribution in [0.4, 0.5) is 0 Å². The van der Waals surface area contributed by atoms with Crippen molar-refractivity contribution < 1.29 is 0 Å². The summed E-state index contributed by atoms with van der Waals surface area (Å²) in [6, 6.07) is 10.9. The Morgan fingerprint density at radius 1 is 1.10 bits per heavy atom. The molecular formula is C9H10Sn. The summed E-state index contributed by atoms with van der Waals surface area (Å²) in [6.07, 6.45) is 2.86. The summed E-state index contributed by atoms with van der Waals surface area (Å²) >= 11 is 1.39. The van der Waals surface area contributed by atoms with E-state index in [0.717, 1.165) is 0 Å². The zero-order valence-corrected chi connectivity index (χ0v) is 9.17. The molecule has 1 aliphatic carbocycles. The van der Waals surface area contributed by atoms with Gasteiger partial charge in [0.1, 0.15) is 0 Å². The van der Waals surface area contributed by atoms with E-state index in [1.165, 1.54) is 35.4 Å². The summed E-state index contributed by atoms with van der Waals surface area (Å²) in [4.78, 5) is 0. The molecule has 2 radical (unpaired) electrons. The topological polar surface area (TPSA) is 0 Å². The van der Waals surface area contributed by atoms with E-state index in [4.69, 9.17) is 0 Å². The molecule has 0 N–H and O–H groups in total. The van der Waals surface area contributed by atoms with Crippen molar-refractivity contribution in [2.24, 2.45) is 0 Å². The Balaban J connectivity index is 2.35. The van der Waals surface area contributed by atoms with Gasteiger partial charge in [0, 0.05) is 0 Å². The average Bonchev–Trinajstić information content (AvgIpc) is 2.72. The van der Waals surface area contributed by atoms with Crippen LogP contribution in [0.25, 0.3) is 0 Å². The predicted octanol–water partition coefficient (Wildman–Crippen LogP) is 1.58. The quantitative estimate of drug-likeness (QED) is 0.650. The van der Waals surface area contributed by atoms with Gasteiger partial charge in [-0.15, -0.1) is 0 Å². The third-order valence-electron chi connectivity index (χ3n) is 2.14. The van der Waals surface area contributed by atoms with Crippen molar-refractivity contribution in [2.45, 2.75) is 16.3 Å². The Kier molecular flexibility index (Phi) is 1.52. The van der Waals surface area contributed by atoms with Crippen molar-refractivity contribution in [3.8, 4) is 0 Å². The van der Waals surface area contributed by atoms with Gasteiger partial charge < -0.3 is 0 Å². The van der Waals surface area contributed by atoms with Crippen LogP contribution in [0.1, 0.15) is 18.4 Å². The molecule has 2 rings (SSSR count). The first kappa shape index (κ1) is 6.71. The van der Waals surface area contributed by atoms with Gasteiger partial charge >= 0.3 is 74.7 Å². The summed E-state index contributed by atoms with van der Waals surface area (Å²) in [5, 5.41) is 0. The molecule has 0 amide bonds. The van der Waals surface area contributed by atoms with E-state index in [1.807, 2.05) is 0 Å². The maximum atomic E-state index is 2.26. The van der Waals surface area contributed by atoms with Gasteiger partial charge in [-0.25, -0.2) is 0 Å². The Bertz CT molecular complexity index is 224. The zero-order chi connectivity index (χ0) is 7.03. The Labute approximate surface area is 74.7 Å². The van der Waals surface area contributed by atoms with Crippen molar-refractivity contribution in [2.75, 3.05) is 0 Å². The molecule has 1 heteroatoms. The van der Waals surface area contributed by atoms with Crippen LogP contribution < -0.4 is 0 Å². The second-order valence-electron chi connectivity index (χ2n) is 3.02. The summed E-state index contributed by atoms with van der Waals surface area (Å²) in [5.41, 5.74) is 1.57. The number of benzene rings is 1. The molecule has 0 aliphatic heterocycles. The van der Waals surface area contributed by atoms with E-state index in [-0.39, 0.29) is 0 Å². The van der Waals surface area contributed by atoms with Gasteiger partial charge in [-0.05, 0) is 0 Å². The first-order valence-corrected chi connectivity index (χ1v) is 5.30. The second-order valence-corrected chi connectivity index (χ2v) is 6.18. The molecule has 0 saturated heterocycles. The first-order valence-electron chi connectivity index (χ1n) is 3.66. The third-order valence-corrected chi connectivity index (χ3v) is 4.74. The Hall–Kier alpha value is 0.0187. The molecule has 10 heavy (non-hydrogen) atoms. The van der Waals surface area contributed by atoms with E-state index >= 15 is 0 Å². The molecule has 0 unspecified atom stereocenters. The maximum absolute atomic E-state index is 2.26. The van der Waals surface area contributed by atoms with Crippen LogP contribution in [0.5, 0.6) is 0 Å². The SMILES string of the molecule is [SnH][C]1(c2ccccc2)CC1. The molecule has 1 saturated carbocycles. The van der Waals surface area contributed by atoms with Crippen LogP contribution in [0, 0.1) is 0 Å². The van der Waals surface area contributed by atoms with Crippen molar-refractivity contribution in [3.63, 3.8) is 0 Å². The fourth-order valence-electron chi connectivity index (χ4n) is 1.19. The molecule has 0 nitrogen and oxygen atoms in total. The van der Waals surface area contributed by atoms with Gasteiger partial charge in [0.25, 0.3) is 0 Å². The standard InChI is InChI=1S/C9H9.Sn.H/c1-2-4-8(5-3-1)9-6-7-9;;/h1-5H,6-7H2;;. The summed E-state index contributed by atoms with van der Waals surface area (Å²) in [5.74, 6) is 0. The van der Waals surface area contributed by atoms with Gasteiger partial charge in [0.15, 0.2) is 0 Å². The molecule has 1 aromatic carbocycles. The molecule has 0 aromatic heterocycles. The fraction of sp³-hybridized carbons (Fsp3) is 0.333. The van der Waals surface area contributed by atoms with E-state index in [1.54, 1.807) is 5.56 Å². The van der Waals surface area contributed by atoms with Gasteiger partial charge in [-0.2, -0.15) is 0 Å². The molecule has 0 spiro atoms. The molecule has 0 bridgehead atoms. The molecular weight excluding hydrogens is 227 g/mol. The average molecular weight is 237 g/mol. The van der Waals surface area contributed by atoms with Crippen LogP contribution in [-0.4, -0.2) is 22.5 Å². The summed E-state index contributed by atoms with van der Waals surface area (Å²) < 4.78 is 0.673. The van der Waals surface area contributed by atoms with Gasteiger partial charge in [-0.3, -0.25) is 0 Å². The van der Waals surface area contributed by atoms with Gasteiger partial charge in [-0.1, -0.05) is 0 Å². The monoisotopic (exact) mass is 238 g/mol. The normalized spacial score (nSPS) is 20.5. The molecule has 50 valence electrons. The molecule has 1 fully saturated rings. The minimum atomic E-state index is 0.673. The van der Waals surface area contributed by atoms with E-state index < -0.39 is 0 Å². The molecule has 1 aliphatic rings. The molecule has 0 heterocycles. The van der Waals surface area contributed by atoms with Crippen molar-refractivity contribution in [3.05, 3.63) is 35.9 Å². The van der Waals surface area contributed by atoms with E-state index in [9.17, 15) is 0 Å². The summed E-state index contributed by atoms with van der Waals surface area (Å²) in [6.45, 7) is 0. The van der Waals surface area contributed by atoms with Gasteiger partial charge in [0.2, 0.25) is 0 Å². The van der Waals surface area contributed by atoms with E-state index in [2.05, 4.69) is 30.3 Å². The van der Waals surface area contributed by atoms with Crippen LogP contribution in [0.2, 0.25) is 0 Å². The Morgan fingerprint density at radius 3 is 2.20 bits per heavy atom. The zero-order valence-electron chi connectivity index (χ0n) is 5.88. The number of rotatable bonds is 1. The summed E-state index contributed by atoms with van der Waals surface area (Å²) in [7, 11) is 0. The number of hydrogen-bond donors (Lipinski definition) is 0. The fourth-order valence-corrected chi connectivity index (χ4v) is 2.15. The van der Waals surface area contributed by atoms with Crippen LogP contribution in [0.3, 0.4) is 0 Å². The first-order chi connectivity index (χ1) is 4.81. The van der Waals surface area contributed by atoms with Crippen LogP contribution in [-0.2, 0) is 3.43 Å². The van der Waals surface area contributed by atoms with Crippen LogP contribution >= 0.6 is 0 Å². The van der Waals surface area contributed by atoms with Crippen molar-refractivity contribution in [1.29, 1.82) is 0 Å². The van der Waals surface area contributed by atoms with Gasteiger partial charge in [0.05, 0.1) is 0 Å². The van der Waals surface area contributed by atoms with E-state index in [0.29, 0.717) is 3.43 Å². The van der Waals surface area contributed by atoms with Crippen molar-refractivity contribution >= 4 is 22.5 Å². The van der Waals surface area contributed by atoms with Crippen molar-refractivity contribution in [1.82, 2.24) is 0 Å². The number of hydrogen-bond acceptors (Lipinski definition) is 0. The molecule has 0 atom stereocenters. The minimum absolute atomic E-state index is 0.673. The second kappa shape index (κ2) is 2.26. The Morgan fingerprint density at radius 2 is 1.70 bits per heavy atom. The van der Waals surface area contributed by atoms with Crippen LogP contribution in [0.15, 0.2) is 30.3 Å².